The van der Waals surface area contributed by atoms with Crippen molar-refractivity contribution in [1.82, 2.24) is 14.8 Å². The van der Waals surface area contributed by atoms with Gasteiger partial charge in [0.25, 0.3) is 20.0 Å². The standard InChI is InChI=1S/C21H29ClN4O6S3/c1-14-5-6-15(11-23)18(9-14)32-13-16(27)12-24-7-8-25-35(30,31)20-17(22)10-19(33-20)34(28,29)26-21(2,3)4/h5-6,9-10,16,24-27H,7-8,12-13H2,1-4H3/t16-/m0/s1. The van der Waals surface area contributed by atoms with E-state index in [2.05, 4.69) is 14.8 Å². The van der Waals surface area contributed by atoms with E-state index in [-0.39, 0.29) is 39.7 Å². The van der Waals surface area contributed by atoms with E-state index in [1.807, 2.05) is 13.0 Å². The Balaban J connectivity index is 1.85. The van der Waals surface area contributed by atoms with Crippen LogP contribution in [0, 0.1) is 18.3 Å². The number of aliphatic hydroxyl groups is 1. The number of rotatable bonds is 12. The highest BCUT2D eigenvalue weighted by molar-refractivity contribution is 7.94. The van der Waals surface area contributed by atoms with Crippen molar-refractivity contribution in [3.63, 3.8) is 0 Å². The van der Waals surface area contributed by atoms with E-state index in [1.54, 1.807) is 39.0 Å². The smallest absolute Gasteiger partial charge is 0.251 e. The van der Waals surface area contributed by atoms with Crippen LogP contribution in [-0.4, -0.2) is 59.8 Å². The van der Waals surface area contributed by atoms with Crippen LogP contribution in [-0.2, 0) is 20.0 Å². The van der Waals surface area contributed by atoms with Gasteiger partial charge in [0.2, 0.25) is 0 Å². The van der Waals surface area contributed by atoms with Crippen molar-refractivity contribution in [3.05, 3.63) is 40.4 Å². The van der Waals surface area contributed by atoms with Crippen molar-refractivity contribution in [1.29, 1.82) is 5.26 Å². The minimum atomic E-state index is -4.05. The number of nitrogens with one attached hydrogen (secondary N) is 3. The lowest BCUT2D eigenvalue weighted by molar-refractivity contribution is 0.106. The van der Waals surface area contributed by atoms with Crippen molar-refractivity contribution in [2.75, 3.05) is 26.2 Å². The second-order valence-corrected chi connectivity index (χ2v) is 14.1. The SMILES string of the molecule is Cc1ccc(C#N)c(OC[C@@H](O)CNCCNS(=O)(=O)c2sc(S(=O)(=O)NC(C)(C)C)cc2Cl)c1. The molecule has 2 rings (SSSR count). The first-order valence-corrected chi connectivity index (χ1v) is 14.7. The molecule has 0 radical (unpaired) electrons. The van der Waals surface area contributed by atoms with Crippen LogP contribution in [0.5, 0.6) is 5.75 Å². The number of halogens is 1. The van der Waals surface area contributed by atoms with Crippen LogP contribution in [0.25, 0.3) is 0 Å². The zero-order valence-corrected chi connectivity index (χ0v) is 23.0. The van der Waals surface area contributed by atoms with Gasteiger partial charge in [-0.15, -0.1) is 11.3 Å². The molecule has 1 heterocycles. The first-order chi connectivity index (χ1) is 16.1. The van der Waals surface area contributed by atoms with Gasteiger partial charge in [-0.25, -0.2) is 26.3 Å². The summed E-state index contributed by atoms with van der Waals surface area (Å²) in [5.41, 5.74) is 0.536. The average molecular weight is 565 g/mol. The summed E-state index contributed by atoms with van der Waals surface area (Å²) in [7, 11) is -7.98. The Hall–Kier alpha value is -1.76. The summed E-state index contributed by atoms with van der Waals surface area (Å²) in [5.74, 6) is 0.381. The maximum Gasteiger partial charge on any atom is 0.251 e. The number of hydrogen-bond donors (Lipinski definition) is 4. The number of sulfonamides is 2. The molecule has 0 spiro atoms. The highest BCUT2D eigenvalue weighted by Gasteiger charge is 2.29. The number of nitrogens with zero attached hydrogens (tertiary/aromatic N) is 1. The molecule has 2 aromatic rings. The molecule has 0 aliphatic heterocycles. The maximum atomic E-state index is 12.6. The van der Waals surface area contributed by atoms with Gasteiger partial charge >= 0.3 is 0 Å². The molecule has 35 heavy (non-hydrogen) atoms. The van der Waals surface area contributed by atoms with Gasteiger partial charge in [0, 0.05) is 25.2 Å². The zero-order valence-electron chi connectivity index (χ0n) is 19.8. The fourth-order valence-corrected chi connectivity index (χ4v) is 7.82. The van der Waals surface area contributed by atoms with Crippen molar-refractivity contribution in [2.24, 2.45) is 0 Å². The molecule has 1 atom stereocenters. The van der Waals surface area contributed by atoms with E-state index >= 15 is 0 Å². The number of ether oxygens (including phenoxy) is 1. The first kappa shape index (κ1) is 29.5. The average Bonchev–Trinajstić information content (AvgIpc) is 3.14. The minimum absolute atomic E-state index is 0.0249. The molecular formula is C21H29ClN4O6S3. The molecule has 1 aromatic carbocycles. The van der Waals surface area contributed by atoms with Gasteiger partial charge in [0.15, 0.2) is 4.21 Å². The van der Waals surface area contributed by atoms with Crippen LogP contribution in [0.1, 0.15) is 31.9 Å². The molecular weight excluding hydrogens is 536 g/mol. The van der Waals surface area contributed by atoms with Crippen molar-refractivity contribution >= 4 is 43.0 Å². The quantitative estimate of drug-likeness (QED) is 0.285. The molecule has 0 bridgehead atoms. The Morgan fingerprint density at radius 3 is 2.49 bits per heavy atom. The summed E-state index contributed by atoms with van der Waals surface area (Å²) in [5, 5.41) is 21.9. The maximum absolute atomic E-state index is 12.6. The van der Waals surface area contributed by atoms with Crippen molar-refractivity contribution in [2.45, 2.75) is 47.8 Å². The fourth-order valence-electron chi connectivity index (χ4n) is 2.80. The number of nitriles is 1. The van der Waals surface area contributed by atoms with E-state index in [4.69, 9.17) is 21.6 Å². The minimum Gasteiger partial charge on any atom is -0.489 e. The monoisotopic (exact) mass is 564 g/mol. The molecule has 0 saturated carbocycles. The molecule has 0 amide bonds. The number of benzene rings is 1. The van der Waals surface area contributed by atoms with Crippen LogP contribution in [0.2, 0.25) is 5.02 Å². The summed E-state index contributed by atoms with van der Waals surface area (Å²) in [6.07, 6.45) is -0.895. The van der Waals surface area contributed by atoms with Crippen LogP contribution < -0.4 is 19.5 Å². The summed E-state index contributed by atoms with van der Waals surface area (Å²) >= 11 is 6.58. The van der Waals surface area contributed by atoms with Gasteiger partial charge in [0.05, 0.1) is 10.6 Å². The molecule has 4 N–H and O–H groups in total. The van der Waals surface area contributed by atoms with Gasteiger partial charge in [-0.05, 0) is 51.5 Å². The Labute approximate surface area is 215 Å². The zero-order chi connectivity index (χ0) is 26.4. The summed E-state index contributed by atoms with van der Waals surface area (Å²) in [6, 6.07) is 8.27. The number of thiophene rings is 1. The van der Waals surface area contributed by atoms with Crippen LogP contribution in [0.3, 0.4) is 0 Å². The molecule has 194 valence electrons. The second-order valence-electron chi connectivity index (χ2n) is 8.73. The van der Waals surface area contributed by atoms with Gasteiger partial charge < -0.3 is 15.2 Å². The highest BCUT2D eigenvalue weighted by Crippen LogP contribution is 2.34. The van der Waals surface area contributed by atoms with E-state index in [0.717, 1.165) is 11.6 Å². The first-order valence-electron chi connectivity index (χ1n) is 10.5. The number of aliphatic hydroxyl groups excluding tert-OH is 1. The summed E-state index contributed by atoms with van der Waals surface area (Å²) in [4.78, 5) is 0. The lowest BCUT2D eigenvalue weighted by Gasteiger charge is -2.19. The number of aryl methyl sites for hydroxylation is 1. The molecule has 0 aliphatic carbocycles. The predicted molar refractivity (Wildman–Crippen MR) is 135 cm³/mol. The molecule has 0 unspecified atom stereocenters. The third kappa shape index (κ3) is 9.00. The number of hydrogen-bond acceptors (Lipinski definition) is 9. The normalized spacial score (nSPS) is 13.4. The summed E-state index contributed by atoms with van der Waals surface area (Å²) in [6.45, 7) is 7.09. The molecule has 0 saturated heterocycles. The van der Waals surface area contributed by atoms with Crippen molar-refractivity contribution in [3.8, 4) is 11.8 Å². The Bertz CT molecular complexity index is 1280. The van der Waals surface area contributed by atoms with Crippen molar-refractivity contribution < 1.29 is 26.7 Å². The largest absolute Gasteiger partial charge is 0.489 e. The van der Waals surface area contributed by atoms with Crippen LogP contribution >= 0.6 is 22.9 Å². The molecule has 10 nitrogen and oxygen atoms in total. The Morgan fingerprint density at radius 1 is 1.17 bits per heavy atom. The van der Waals surface area contributed by atoms with Gasteiger partial charge in [0.1, 0.15) is 28.7 Å². The van der Waals surface area contributed by atoms with Gasteiger partial charge in [-0.2, -0.15) is 5.26 Å². The third-order valence-corrected chi connectivity index (χ3v) is 10.1. The van der Waals surface area contributed by atoms with E-state index in [1.165, 1.54) is 0 Å². The summed E-state index contributed by atoms with van der Waals surface area (Å²) < 4.78 is 60.0. The van der Waals surface area contributed by atoms with E-state index < -0.39 is 31.7 Å². The molecule has 1 aromatic heterocycles. The van der Waals surface area contributed by atoms with Crippen LogP contribution in [0.4, 0.5) is 0 Å². The lowest BCUT2D eigenvalue weighted by atomic mass is 10.1. The van der Waals surface area contributed by atoms with Crippen LogP contribution in [0.15, 0.2) is 32.7 Å². The topological polar surface area (TPSA) is 158 Å². The molecule has 14 heteroatoms. The Morgan fingerprint density at radius 2 is 1.86 bits per heavy atom. The molecule has 0 fully saturated rings. The lowest BCUT2D eigenvalue weighted by Crippen LogP contribution is -2.40. The van der Waals surface area contributed by atoms with E-state index in [9.17, 15) is 21.9 Å². The fraction of sp³-hybridized carbons (Fsp3) is 0.476. The third-order valence-electron chi connectivity index (χ3n) is 4.24. The van der Waals surface area contributed by atoms with Gasteiger partial charge in [-0.1, -0.05) is 17.7 Å². The molecule has 0 aliphatic rings. The Kier molecular flexibility index (Phi) is 10.1. The van der Waals surface area contributed by atoms with E-state index in [0.29, 0.717) is 22.6 Å². The van der Waals surface area contributed by atoms with Gasteiger partial charge in [-0.3, -0.25) is 0 Å². The highest BCUT2D eigenvalue weighted by atomic mass is 35.5. The second kappa shape index (κ2) is 12.0. The predicted octanol–water partition coefficient (Wildman–Crippen LogP) is 1.97.